The second-order valence-electron chi connectivity index (χ2n) is 4.91. The molecule has 0 bridgehead atoms. The average molecular weight is 266 g/mol. The van der Waals surface area contributed by atoms with E-state index in [1.54, 1.807) is 0 Å². The molecule has 2 N–H and O–H groups in total. The molecule has 0 aliphatic carbocycles. The first-order valence-corrected chi connectivity index (χ1v) is 8.05. The van der Waals surface area contributed by atoms with Gasteiger partial charge in [-0.2, -0.15) is 11.8 Å². The van der Waals surface area contributed by atoms with Crippen molar-refractivity contribution in [3.63, 3.8) is 0 Å². The maximum Gasteiger partial charge on any atom is 0.0208 e. The van der Waals surface area contributed by atoms with Gasteiger partial charge >= 0.3 is 0 Å². The summed E-state index contributed by atoms with van der Waals surface area (Å²) >= 11 is 1.91. The first kappa shape index (κ1) is 15.5. The molecule has 18 heavy (non-hydrogen) atoms. The Balaban J connectivity index is 2.41. The van der Waals surface area contributed by atoms with Gasteiger partial charge in [0.25, 0.3) is 0 Å². The molecule has 0 spiro atoms. The highest BCUT2D eigenvalue weighted by Crippen LogP contribution is 2.10. The van der Waals surface area contributed by atoms with Crippen LogP contribution in [0.3, 0.4) is 0 Å². The van der Waals surface area contributed by atoms with Gasteiger partial charge in [-0.25, -0.2) is 0 Å². The second-order valence-corrected chi connectivity index (χ2v) is 5.82. The predicted molar refractivity (Wildman–Crippen MR) is 83.2 cm³/mol. The molecule has 3 heteroatoms. The van der Waals surface area contributed by atoms with Crippen LogP contribution in [0.4, 0.5) is 0 Å². The standard InChI is InChI=1S/C15H26N2S/c1-4-15(12-18-3)17(2)11-14(16)10-13-8-6-5-7-9-13/h5-9,14-15H,4,10-12,16H2,1-3H3. The van der Waals surface area contributed by atoms with Gasteiger partial charge in [0.05, 0.1) is 0 Å². The minimum absolute atomic E-state index is 0.216. The van der Waals surface area contributed by atoms with Crippen molar-refractivity contribution in [2.75, 3.05) is 25.6 Å². The summed E-state index contributed by atoms with van der Waals surface area (Å²) in [5.41, 5.74) is 7.58. The predicted octanol–water partition coefficient (Wildman–Crippen LogP) is 2.63. The van der Waals surface area contributed by atoms with E-state index in [1.165, 1.54) is 17.7 Å². The fourth-order valence-electron chi connectivity index (χ4n) is 2.25. The first-order chi connectivity index (χ1) is 8.67. The molecule has 2 unspecified atom stereocenters. The number of nitrogens with zero attached hydrogens (tertiary/aromatic N) is 1. The van der Waals surface area contributed by atoms with Crippen LogP contribution in [0.5, 0.6) is 0 Å². The third-order valence-corrected chi connectivity index (χ3v) is 4.03. The molecule has 2 nitrogen and oxygen atoms in total. The molecule has 0 aliphatic rings. The van der Waals surface area contributed by atoms with Gasteiger partial charge in [-0.15, -0.1) is 0 Å². The quantitative estimate of drug-likeness (QED) is 0.784. The van der Waals surface area contributed by atoms with E-state index >= 15 is 0 Å². The van der Waals surface area contributed by atoms with Gasteiger partial charge in [-0.1, -0.05) is 37.3 Å². The molecule has 1 aromatic rings. The summed E-state index contributed by atoms with van der Waals surface area (Å²) in [4.78, 5) is 2.41. The highest BCUT2D eigenvalue weighted by molar-refractivity contribution is 7.98. The zero-order valence-electron chi connectivity index (χ0n) is 11.8. The molecule has 1 rings (SSSR count). The summed E-state index contributed by atoms with van der Waals surface area (Å²) in [5, 5.41) is 0. The van der Waals surface area contributed by atoms with Gasteiger partial charge in [-0.05, 0) is 31.7 Å². The van der Waals surface area contributed by atoms with Crippen LogP contribution in [0.1, 0.15) is 18.9 Å². The van der Waals surface area contributed by atoms with Gasteiger partial charge in [0.1, 0.15) is 0 Å². The minimum atomic E-state index is 0.216. The highest BCUT2D eigenvalue weighted by Gasteiger charge is 2.15. The molecule has 0 saturated heterocycles. The van der Waals surface area contributed by atoms with Crippen LogP contribution in [0.15, 0.2) is 30.3 Å². The van der Waals surface area contributed by atoms with Crippen LogP contribution in [-0.4, -0.2) is 42.6 Å². The van der Waals surface area contributed by atoms with Gasteiger partial charge in [-0.3, -0.25) is 0 Å². The van der Waals surface area contributed by atoms with Gasteiger partial charge in [0, 0.05) is 24.4 Å². The Hall–Kier alpha value is -0.510. The molecule has 102 valence electrons. The zero-order chi connectivity index (χ0) is 13.4. The minimum Gasteiger partial charge on any atom is -0.326 e. The monoisotopic (exact) mass is 266 g/mol. The van der Waals surface area contributed by atoms with Crippen molar-refractivity contribution in [3.05, 3.63) is 35.9 Å². The largest absolute Gasteiger partial charge is 0.326 e. The van der Waals surface area contributed by atoms with Crippen molar-refractivity contribution < 1.29 is 0 Å². The smallest absolute Gasteiger partial charge is 0.0208 e. The summed E-state index contributed by atoms with van der Waals surface area (Å²) in [6, 6.07) is 11.4. The van der Waals surface area contributed by atoms with Crippen LogP contribution >= 0.6 is 11.8 Å². The summed E-state index contributed by atoms with van der Waals surface area (Å²) in [7, 11) is 2.19. The van der Waals surface area contributed by atoms with Crippen molar-refractivity contribution in [2.24, 2.45) is 5.73 Å². The van der Waals surface area contributed by atoms with Crippen molar-refractivity contribution in [1.29, 1.82) is 0 Å². The van der Waals surface area contributed by atoms with Crippen molar-refractivity contribution in [3.8, 4) is 0 Å². The summed E-state index contributed by atoms with van der Waals surface area (Å²) in [6.07, 6.45) is 4.32. The molecule has 0 aliphatic heterocycles. The van der Waals surface area contributed by atoms with Crippen molar-refractivity contribution >= 4 is 11.8 Å². The van der Waals surface area contributed by atoms with Crippen molar-refractivity contribution in [1.82, 2.24) is 4.90 Å². The third kappa shape index (κ3) is 5.42. The van der Waals surface area contributed by atoms with Gasteiger partial charge in [0.15, 0.2) is 0 Å². The van der Waals surface area contributed by atoms with E-state index < -0.39 is 0 Å². The fraction of sp³-hybridized carbons (Fsp3) is 0.600. The molecule has 0 saturated carbocycles. The fourth-order valence-corrected chi connectivity index (χ4v) is 3.12. The Labute approximate surface area is 116 Å². The first-order valence-electron chi connectivity index (χ1n) is 6.66. The molecule has 2 atom stereocenters. The van der Waals surface area contributed by atoms with Gasteiger partial charge in [0.2, 0.25) is 0 Å². The maximum atomic E-state index is 6.25. The number of nitrogens with two attached hydrogens (primary N) is 1. The van der Waals surface area contributed by atoms with Crippen LogP contribution in [0, 0.1) is 0 Å². The molecule has 0 heterocycles. The third-order valence-electron chi connectivity index (χ3n) is 3.32. The lowest BCUT2D eigenvalue weighted by Crippen LogP contribution is -2.42. The topological polar surface area (TPSA) is 29.3 Å². The zero-order valence-corrected chi connectivity index (χ0v) is 12.6. The Kier molecular flexibility index (Phi) is 7.40. The molecule has 0 fully saturated rings. The van der Waals surface area contributed by atoms with Gasteiger partial charge < -0.3 is 10.6 Å². The van der Waals surface area contributed by atoms with E-state index in [-0.39, 0.29) is 6.04 Å². The number of likely N-dealkylation sites (N-methyl/N-ethyl adjacent to an activating group) is 1. The van der Waals surface area contributed by atoms with E-state index in [9.17, 15) is 0 Å². The highest BCUT2D eigenvalue weighted by atomic mass is 32.2. The number of thioether (sulfide) groups is 1. The summed E-state index contributed by atoms with van der Waals surface area (Å²) in [5.74, 6) is 1.19. The average Bonchev–Trinajstić information content (AvgIpc) is 2.36. The van der Waals surface area contributed by atoms with E-state index in [0.717, 1.165) is 13.0 Å². The number of hydrogen-bond acceptors (Lipinski definition) is 3. The molecule has 0 radical (unpaired) electrons. The molecular formula is C15H26N2S. The maximum absolute atomic E-state index is 6.25. The summed E-state index contributed by atoms with van der Waals surface area (Å²) < 4.78 is 0. The lowest BCUT2D eigenvalue weighted by molar-refractivity contribution is 0.240. The second kappa shape index (κ2) is 8.57. The number of rotatable bonds is 8. The molecule has 0 amide bonds. The molecular weight excluding hydrogens is 240 g/mol. The van der Waals surface area contributed by atoms with E-state index in [1.807, 2.05) is 17.8 Å². The normalized spacial score (nSPS) is 14.7. The number of benzene rings is 1. The van der Waals surface area contributed by atoms with E-state index in [2.05, 4.69) is 49.4 Å². The SMILES string of the molecule is CCC(CSC)N(C)CC(N)Cc1ccccc1. The Morgan fingerprint density at radius 3 is 2.50 bits per heavy atom. The van der Waals surface area contributed by atoms with E-state index in [0.29, 0.717) is 6.04 Å². The van der Waals surface area contributed by atoms with Crippen LogP contribution in [0.2, 0.25) is 0 Å². The number of hydrogen-bond donors (Lipinski definition) is 1. The molecule has 0 aromatic heterocycles. The Morgan fingerprint density at radius 1 is 1.28 bits per heavy atom. The summed E-state index contributed by atoms with van der Waals surface area (Å²) in [6.45, 7) is 3.22. The Bertz CT molecular complexity index is 316. The van der Waals surface area contributed by atoms with Crippen LogP contribution < -0.4 is 5.73 Å². The van der Waals surface area contributed by atoms with Crippen molar-refractivity contribution in [2.45, 2.75) is 31.8 Å². The lowest BCUT2D eigenvalue weighted by Gasteiger charge is -2.29. The van der Waals surface area contributed by atoms with Crippen LogP contribution in [0.25, 0.3) is 0 Å². The Morgan fingerprint density at radius 2 is 1.94 bits per heavy atom. The van der Waals surface area contributed by atoms with E-state index in [4.69, 9.17) is 5.73 Å². The lowest BCUT2D eigenvalue weighted by atomic mass is 10.1. The van der Waals surface area contributed by atoms with Crippen LogP contribution in [-0.2, 0) is 6.42 Å². The molecule has 1 aromatic carbocycles.